The molecule has 0 radical (unpaired) electrons. The average molecular weight is 312 g/mol. The number of ether oxygens (including phenoxy) is 1. The zero-order valence-electron chi connectivity index (χ0n) is 11.5. The third-order valence-corrected chi connectivity index (χ3v) is 3.81. The molecule has 0 fully saturated rings. The van der Waals surface area contributed by atoms with Crippen molar-refractivity contribution in [1.29, 1.82) is 0 Å². The van der Waals surface area contributed by atoms with Crippen LogP contribution in [-0.4, -0.2) is 18.4 Å². The van der Waals surface area contributed by atoms with Crippen molar-refractivity contribution in [2.45, 2.75) is 0 Å². The highest BCUT2D eigenvalue weighted by atomic mass is 32.1. The van der Waals surface area contributed by atoms with Crippen LogP contribution >= 0.6 is 11.3 Å². The summed E-state index contributed by atoms with van der Waals surface area (Å²) in [5, 5.41) is 2.76. The SMILES string of the molecule is O=C(/C=C/c1cccs1)OCC(=O)c1cc2ccccc2o1. The summed E-state index contributed by atoms with van der Waals surface area (Å²) in [6.07, 6.45) is 2.95. The van der Waals surface area contributed by atoms with E-state index in [-0.39, 0.29) is 18.2 Å². The first kappa shape index (κ1) is 14.3. The smallest absolute Gasteiger partial charge is 0.331 e. The first-order valence-corrected chi connectivity index (χ1v) is 7.50. The lowest BCUT2D eigenvalue weighted by atomic mass is 10.2. The zero-order valence-corrected chi connectivity index (χ0v) is 12.3. The topological polar surface area (TPSA) is 56.5 Å². The molecule has 0 saturated carbocycles. The lowest BCUT2D eigenvalue weighted by Crippen LogP contribution is -2.11. The number of furan rings is 1. The van der Waals surface area contributed by atoms with Gasteiger partial charge >= 0.3 is 5.97 Å². The second-order valence-corrected chi connectivity index (χ2v) is 5.51. The highest BCUT2D eigenvalue weighted by molar-refractivity contribution is 7.10. The van der Waals surface area contributed by atoms with Gasteiger partial charge in [0.1, 0.15) is 5.58 Å². The van der Waals surface area contributed by atoms with E-state index in [0.29, 0.717) is 5.58 Å². The van der Waals surface area contributed by atoms with E-state index in [4.69, 9.17) is 9.15 Å². The van der Waals surface area contributed by atoms with E-state index >= 15 is 0 Å². The van der Waals surface area contributed by atoms with Crippen molar-refractivity contribution < 1.29 is 18.7 Å². The van der Waals surface area contributed by atoms with Crippen LogP contribution in [0, 0.1) is 0 Å². The van der Waals surface area contributed by atoms with Gasteiger partial charge < -0.3 is 9.15 Å². The Kier molecular flexibility index (Phi) is 4.16. The van der Waals surface area contributed by atoms with E-state index in [9.17, 15) is 9.59 Å². The number of rotatable bonds is 5. The van der Waals surface area contributed by atoms with Crippen molar-refractivity contribution in [3.05, 3.63) is 64.6 Å². The normalized spacial score (nSPS) is 11.1. The Bertz CT molecular complexity index is 794. The van der Waals surface area contributed by atoms with Gasteiger partial charge in [0.25, 0.3) is 0 Å². The van der Waals surface area contributed by atoms with Crippen LogP contribution < -0.4 is 0 Å². The number of esters is 1. The van der Waals surface area contributed by atoms with Gasteiger partial charge in [0.15, 0.2) is 12.4 Å². The van der Waals surface area contributed by atoms with Crippen LogP contribution in [-0.2, 0) is 9.53 Å². The summed E-state index contributed by atoms with van der Waals surface area (Å²) in [7, 11) is 0. The molecule has 5 heteroatoms. The number of Topliss-reactive ketones (excluding diaryl/α,β-unsaturated/α-hetero) is 1. The molecule has 0 spiro atoms. The molecule has 0 atom stereocenters. The van der Waals surface area contributed by atoms with Crippen LogP contribution in [0.15, 0.2) is 58.3 Å². The number of thiophene rings is 1. The summed E-state index contributed by atoms with van der Waals surface area (Å²) < 4.78 is 10.3. The second-order valence-electron chi connectivity index (χ2n) is 4.53. The maximum Gasteiger partial charge on any atom is 0.331 e. The van der Waals surface area contributed by atoms with Crippen molar-refractivity contribution >= 4 is 40.1 Å². The lowest BCUT2D eigenvalue weighted by Gasteiger charge is -1.98. The molecule has 3 aromatic rings. The molecule has 22 heavy (non-hydrogen) atoms. The molecule has 0 amide bonds. The standard InChI is InChI=1S/C17H12O4S/c18-14(16-10-12-4-1-2-6-15(12)21-16)11-20-17(19)8-7-13-5-3-9-22-13/h1-10H,11H2/b8-7+. The highest BCUT2D eigenvalue weighted by Gasteiger charge is 2.13. The van der Waals surface area contributed by atoms with E-state index in [1.165, 1.54) is 17.4 Å². The minimum atomic E-state index is -0.558. The molecule has 0 aliphatic rings. The number of benzene rings is 1. The van der Waals surface area contributed by atoms with Gasteiger partial charge in [-0.15, -0.1) is 11.3 Å². The summed E-state index contributed by atoms with van der Waals surface area (Å²) in [5.74, 6) is -0.733. The predicted molar refractivity (Wildman–Crippen MR) is 84.9 cm³/mol. The predicted octanol–water partition coefficient (Wildman–Crippen LogP) is 3.93. The Morgan fingerprint density at radius 3 is 2.82 bits per heavy atom. The molecule has 3 rings (SSSR count). The molecule has 0 bridgehead atoms. The minimum Gasteiger partial charge on any atom is -0.454 e. The Hall–Kier alpha value is -2.66. The summed E-state index contributed by atoms with van der Waals surface area (Å²) in [5.41, 5.74) is 0.634. The van der Waals surface area contributed by atoms with Crippen LogP contribution in [0.2, 0.25) is 0 Å². The molecule has 0 unspecified atom stereocenters. The first-order chi connectivity index (χ1) is 10.7. The van der Waals surface area contributed by atoms with E-state index in [1.807, 2.05) is 35.7 Å². The van der Waals surface area contributed by atoms with Crippen LogP contribution in [0.4, 0.5) is 0 Å². The van der Waals surface area contributed by atoms with Crippen molar-refractivity contribution in [1.82, 2.24) is 0 Å². The third-order valence-electron chi connectivity index (χ3n) is 2.97. The van der Waals surface area contributed by atoms with Crippen LogP contribution in [0.5, 0.6) is 0 Å². The van der Waals surface area contributed by atoms with Gasteiger partial charge in [-0.1, -0.05) is 24.3 Å². The number of para-hydroxylation sites is 1. The monoisotopic (exact) mass is 312 g/mol. The second kappa shape index (κ2) is 6.41. The molecule has 0 aliphatic heterocycles. The molecular formula is C17H12O4S. The molecule has 2 aromatic heterocycles. The van der Waals surface area contributed by atoms with E-state index in [2.05, 4.69) is 0 Å². The molecule has 2 heterocycles. The lowest BCUT2D eigenvalue weighted by molar-refractivity contribution is -0.136. The maximum absolute atomic E-state index is 12.0. The third kappa shape index (κ3) is 3.32. The maximum atomic E-state index is 12.0. The van der Waals surface area contributed by atoms with Crippen molar-refractivity contribution in [2.75, 3.05) is 6.61 Å². The zero-order chi connectivity index (χ0) is 15.4. The van der Waals surface area contributed by atoms with Gasteiger partial charge in [-0.3, -0.25) is 4.79 Å². The Morgan fingerprint density at radius 2 is 2.05 bits per heavy atom. The minimum absolute atomic E-state index is 0.191. The van der Waals surface area contributed by atoms with Gasteiger partial charge in [0, 0.05) is 16.3 Å². The van der Waals surface area contributed by atoms with E-state index in [0.717, 1.165) is 10.3 Å². The van der Waals surface area contributed by atoms with Gasteiger partial charge in [-0.2, -0.15) is 0 Å². The molecule has 110 valence electrons. The summed E-state index contributed by atoms with van der Waals surface area (Å²) >= 11 is 1.51. The fourth-order valence-electron chi connectivity index (χ4n) is 1.91. The van der Waals surface area contributed by atoms with Crippen molar-refractivity contribution in [2.24, 2.45) is 0 Å². The molecule has 0 N–H and O–H groups in total. The number of ketones is 1. The molecule has 0 saturated heterocycles. The van der Waals surface area contributed by atoms with Gasteiger partial charge in [0.2, 0.25) is 5.78 Å². The van der Waals surface area contributed by atoms with E-state index in [1.54, 1.807) is 18.2 Å². The van der Waals surface area contributed by atoms with Crippen molar-refractivity contribution in [3.63, 3.8) is 0 Å². The quantitative estimate of drug-likeness (QED) is 0.407. The van der Waals surface area contributed by atoms with Gasteiger partial charge in [-0.05, 0) is 29.7 Å². The summed E-state index contributed by atoms with van der Waals surface area (Å²) in [4.78, 5) is 24.5. The Morgan fingerprint density at radius 1 is 1.18 bits per heavy atom. The van der Waals surface area contributed by atoms with Crippen molar-refractivity contribution in [3.8, 4) is 0 Å². The van der Waals surface area contributed by atoms with Crippen LogP contribution in [0.3, 0.4) is 0 Å². The summed E-state index contributed by atoms with van der Waals surface area (Å²) in [6, 6.07) is 12.7. The average Bonchev–Trinajstić information content (AvgIpc) is 3.19. The number of carbonyl (C=O) groups is 2. The van der Waals surface area contributed by atoms with Gasteiger partial charge in [-0.25, -0.2) is 4.79 Å². The number of carbonyl (C=O) groups excluding carboxylic acids is 2. The fourth-order valence-corrected chi connectivity index (χ4v) is 2.53. The van der Waals surface area contributed by atoms with Gasteiger partial charge in [0.05, 0.1) is 0 Å². The number of fused-ring (bicyclic) bond motifs is 1. The number of hydrogen-bond acceptors (Lipinski definition) is 5. The summed E-state index contributed by atoms with van der Waals surface area (Å²) in [6.45, 7) is -0.340. The molecule has 0 aliphatic carbocycles. The van der Waals surface area contributed by atoms with Crippen LogP contribution in [0.25, 0.3) is 17.0 Å². The van der Waals surface area contributed by atoms with Crippen LogP contribution in [0.1, 0.15) is 15.4 Å². The Labute approximate surface area is 130 Å². The highest BCUT2D eigenvalue weighted by Crippen LogP contribution is 2.19. The first-order valence-electron chi connectivity index (χ1n) is 6.62. The largest absolute Gasteiger partial charge is 0.454 e. The number of hydrogen-bond donors (Lipinski definition) is 0. The Balaban J connectivity index is 1.58. The van der Waals surface area contributed by atoms with E-state index < -0.39 is 5.97 Å². The fraction of sp³-hybridized carbons (Fsp3) is 0.0588. The molecule has 4 nitrogen and oxygen atoms in total. The molecule has 1 aromatic carbocycles. The molecular weight excluding hydrogens is 300 g/mol.